The van der Waals surface area contributed by atoms with Crippen LogP contribution in [0.1, 0.15) is 5.56 Å². The monoisotopic (exact) mass is 384 g/mol. The molecule has 0 aromatic heterocycles. The summed E-state index contributed by atoms with van der Waals surface area (Å²) in [5, 5.41) is 12.8. The van der Waals surface area contributed by atoms with Gasteiger partial charge in [0, 0.05) is 14.0 Å². The Morgan fingerprint density at radius 3 is 2.50 bits per heavy atom. The summed E-state index contributed by atoms with van der Waals surface area (Å²) in [6.45, 7) is 0. The van der Waals surface area contributed by atoms with Gasteiger partial charge in [-0.3, -0.25) is 0 Å². The van der Waals surface area contributed by atoms with Crippen LogP contribution in [0.25, 0.3) is 0 Å². The fraction of sp³-hybridized carbons (Fsp3) is 0. The van der Waals surface area contributed by atoms with Crippen LogP contribution in [-0.4, -0.2) is 0 Å². The van der Waals surface area contributed by atoms with Gasteiger partial charge in [-0.2, -0.15) is 5.26 Å². The normalized spacial score (nSPS) is 9.89. The van der Waals surface area contributed by atoms with E-state index in [1.807, 2.05) is 18.2 Å². The highest BCUT2D eigenvalue weighted by atomic mass is 79.9. The molecule has 0 amide bonds. The molecular weight excluding hydrogens is 379 g/mol. The Bertz CT molecular complexity index is 635. The number of nitriles is 1. The van der Waals surface area contributed by atoms with Gasteiger partial charge >= 0.3 is 0 Å². The lowest BCUT2D eigenvalue weighted by Gasteiger charge is -2.10. The molecule has 0 fully saturated rings. The molecule has 0 saturated carbocycles. The van der Waals surface area contributed by atoms with Crippen LogP contribution >= 0.6 is 43.5 Å². The number of halogens is 3. The molecule has 2 rings (SSSR count). The van der Waals surface area contributed by atoms with Gasteiger partial charge in [-0.05, 0) is 52.3 Å². The van der Waals surface area contributed by atoms with Crippen LogP contribution in [0.2, 0.25) is 5.02 Å². The molecule has 0 aliphatic carbocycles. The highest BCUT2D eigenvalue weighted by molar-refractivity contribution is 9.11. The highest BCUT2D eigenvalue weighted by Crippen LogP contribution is 2.31. The minimum atomic E-state index is 0.550. The molecule has 90 valence electrons. The second-order valence-electron chi connectivity index (χ2n) is 3.55. The molecule has 0 bridgehead atoms. The van der Waals surface area contributed by atoms with Crippen molar-refractivity contribution in [3.63, 3.8) is 0 Å². The standard InChI is InChI=1S/C13H7Br2ClN2/c14-9-2-4-12(11(15)5-9)18-13-6-10(16)3-1-8(13)7-17/h1-6,18H. The van der Waals surface area contributed by atoms with E-state index >= 15 is 0 Å². The zero-order chi connectivity index (χ0) is 13.1. The van der Waals surface area contributed by atoms with Gasteiger partial charge in [0.1, 0.15) is 6.07 Å². The quantitative estimate of drug-likeness (QED) is 0.742. The van der Waals surface area contributed by atoms with E-state index in [0.29, 0.717) is 16.3 Å². The second-order valence-corrected chi connectivity index (χ2v) is 5.76. The van der Waals surface area contributed by atoms with E-state index < -0.39 is 0 Å². The van der Waals surface area contributed by atoms with Crippen LogP contribution in [0.4, 0.5) is 11.4 Å². The smallest absolute Gasteiger partial charge is 0.101 e. The summed E-state index contributed by atoms with van der Waals surface area (Å²) in [6, 6.07) is 13.0. The van der Waals surface area contributed by atoms with Crippen LogP contribution in [0.3, 0.4) is 0 Å². The Kier molecular flexibility index (Phi) is 4.28. The number of anilines is 2. The summed E-state index contributed by atoms with van der Waals surface area (Å²) < 4.78 is 1.88. The minimum absolute atomic E-state index is 0.550. The van der Waals surface area contributed by atoms with Crippen molar-refractivity contribution in [3.8, 4) is 6.07 Å². The topological polar surface area (TPSA) is 35.8 Å². The predicted octanol–water partition coefficient (Wildman–Crippen LogP) is 5.48. The third-order valence-electron chi connectivity index (χ3n) is 2.30. The van der Waals surface area contributed by atoms with Crippen molar-refractivity contribution in [3.05, 3.63) is 55.9 Å². The Balaban J connectivity index is 2.40. The van der Waals surface area contributed by atoms with Gasteiger partial charge < -0.3 is 5.32 Å². The van der Waals surface area contributed by atoms with Crippen molar-refractivity contribution in [1.29, 1.82) is 5.26 Å². The number of benzene rings is 2. The number of nitrogens with one attached hydrogen (secondary N) is 1. The maximum atomic E-state index is 9.05. The summed E-state index contributed by atoms with van der Waals surface area (Å²) >= 11 is 12.8. The van der Waals surface area contributed by atoms with Crippen molar-refractivity contribution in [2.24, 2.45) is 0 Å². The molecule has 0 unspecified atom stereocenters. The molecule has 5 heteroatoms. The van der Waals surface area contributed by atoms with Crippen LogP contribution < -0.4 is 5.32 Å². The molecule has 18 heavy (non-hydrogen) atoms. The molecule has 1 N–H and O–H groups in total. The molecule has 0 atom stereocenters. The molecule has 0 heterocycles. The SMILES string of the molecule is N#Cc1ccc(Cl)cc1Nc1ccc(Br)cc1Br. The van der Waals surface area contributed by atoms with E-state index in [-0.39, 0.29) is 0 Å². The van der Waals surface area contributed by atoms with Crippen molar-refractivity contribution >= 4 is 54.8 Å². The zero-order valence-corrected chi connectivity index (χ0v) is 13.0. The van der Waals surface area contributed by atoms with Gasteiger partial charge in [0.25, 0.3) is 0 Å². The summed E-state index contributed by atoms with van der Waals surface area (Å²) in [5.41, 5.74) is 2.11. The molecule has 0 radical (unpaired) electrons. The molecule has 0 aliphatic rings. The van der Waals surface area contributed by atoms with Gasteiger partial charge in [0.15, 0.2) is 0 Å². The Morgan fingerprint density at radius 1 is 1.06 bits per heavy atom. The average Bonchev–Trinajstić information content (AvgIpc) is 2.33. The van der Waals surface area contributed by atoms with E-state index in [4.69, 9.17) is 16.9 Å². The third kappa shape index (κ3) is 3.05. The molecule has 2 aromatic rings. The number of nitrogens with zero attached hydrogens (tertiary/aromatic N) is 1. The van der Waals surface area contributed by atoms with Gasteiger partial charge in [-0.1, -0.05) is 27.5 Å². The largest absolute Gasteiger partial charge is 0.353 e. The fourth-order valence-electron chi connectivity index (χ4n) is 1.45. The first kappa shape index (κ1) is 13.4. The summed E-state index contributed by atoms with van der Waals surface area (Å²) in [6.07, 6.45) is 0. The second kappa shape index (κ2) is 5.75. The maximum absolute atomic E-state index is 9.05. The van der Waals surface area contributed by atoms with Crippen LogP contribution in [0.15, 0.2) is 45.3 Å². The molecule has 0 spiro atoms. The molecule has 0 saturated heterocycles. The van der Waals surface area contributed by atoms with Crippen LogP contribution in [0.5, 0.6) is 0 Å². The Labute approximate surface area is 127 Å². The zero-order valence-electron chi connectivity index (χ0n) is 9.05. The number of hydrogen-bond donors (Lipinski definition) is 1. The summed E-state index contributed by atoms with van der Waals surface area (Å²) in [4.78, 5) is 0. The number of hydrogen-bond acceptors (Lipinski definition) is 2. The van der Waals surface area contributed by atoms with Crippen molar-refractivity contribution < 1.29 is 0 Å². The van der Waals surface area contributed by atoms with Gasteiger partial charge in [-0.15, -0.1) is 0 Å². The summed E-state index contributed by atoms with van der Waals surface area (Å²) in [5.74, 6) is 0. The number of rotatable bonds is 2. The predicted molar refractivity (Wildman–Crippen MR) is 81.3 cm³/mol. The van der Waals surface area contributed by atoms with E-state index in [1.54, 1.807) is 18.2 Å². The van der Waals surface area contributed by atoms with Crippen LogP contribution in [0, 0.1) is 11.3 Å². The molecule has 2 nitrogen and oxygen atoms in total. The first-order chi connectivity index (χ1) is 8.60. The lowest BCUT2D eigenvalue weighted by Crippen LogP contribution is -1.94. The highest BCUT2D eigenvalue weighted by Gasteiger charge is 2.06. The lowest BCUT2D eigenvalue weighted by atomic mass is 10.2. The fourth-order valence-corrected chi connectivity index (χ4v) is 2.77. The van der Waals surface area contributed by atoms with Gasteiger partial charge in [-0.25, -0.2) is 0 Å². The average molecular weight is 386 g/mol. The lowest BCUT2D eigenvalue weighted by molar-refractivity contribution is 1.45. The third-order valence-corrected chi connectivity index (χ3v) is 3.69. The first-order valence-corrected chi connectivity index (χ1v) is 6.98. The van der Waals surface area contributed by atoms with E-state index in [1.165, 1.54) is 0 Å². The van der Waals surface area contributed by atoms with Gasteiger partial charge in [0.05, 0.1) is 16.9 Å². The van der Waals surface area contributed by atoms with E-state index in [2.05, 4.69) is 43.2 Å². The summed E-state index contributed by atoms with van der Waals surface area (Å²) in [7, 11) is 0. The molecular formula is C13H7Br2ClN2. The van der Waals surface area contributed by atoms with Crippen molar-refractivity contribution in [1.82, 2.24) is 0 Å². The van der Waals surface area contributed by atoms with E-state index in [9.17, 15) is 0 Å². The molecule has 2 aromatic carbocycles. The Hall–Kier alpha value is -1.02. The molecule has 0 aliphatic heterocycles. The van der Waals surface area contributed by atoms with Crippen LogP contribution in [-0.2, 0) is 0 Å². The van der Waals surface area contributed by atoms with Crippen molar-refractivity contribution in [2.75, 3.05) is 5.32 Å². The van der Waals surface area contributed by atoms with E-state index in [0.717, 1.165) is 14.6 Å². The van der Waals surface area contributed by atoms with Crippen molar-refractivity contribution in [2.45, 2.75) is 0 Å². The van der Waals surface area contributed by atoms with Gasteiger partial charge in [0.2, 0.25) is 0 Å². The first-order valence-electron chi connectivity index (χ1n) is 5.02. The Morgan fingerprint density at radius 2 is 1.83 bits per heavy atom. The minimum Gasteiger partial charge on any atom is -0.353 e. The maximum Gasteiger partial charge on any atom is 0.101 e.